The van der Waals surface area contributed by atoms with Gasteiger partial charge in [0.1, 0.15) is 17.2 Å². The summed E-state index contributed by atoms with van der Waals surface area (Å²) >= 11 is 0. The Bertz CT molecular complexity index is 766. The number of methoxy groups -OCH3 is 2. The van der Waals surface area contributed by atoms with E-state index in [9.17, 15) is 4.79 Å². The van der Waals surface area contributed by atoms with Gasteiger partial charge in [0.25, 0.3) is 0 Å². The number of hydrogen-bond acceptors (Lipinski definition) is 5. The molecule has 1 aliphatic heterocycles. The van der Waals surface area contributed by atoms with Crippen LogP contribution >= 0.6 is 0 Å². The lowest BCUT2D eigenvalue weighted by Crippen LogP contribution is -2.17. The fourth-order valence-corrected chi connectivity index (χ4v) is 3.19. The van der Waals surface area contributed by atoms with Crippen molar-refractivity contribution in [2.75, 3.05) is 32.8 Å². The maximum atomic E-state index is 12.1. The molecule has 0 saturated carbocycles. The van der Waals surface area contributed by atoms with Crippen LogP contribution < -0.4 is 14.8 Å². The fraction of sp³-hybridized carbons (Fsp3) is 0.474. The van der Waals surface area contributed by atoms with Crippen LogP contribution in [0, 0.1) is 0 Å². The summed E-state index contributed by atoms with van der Waals surface area (Å²) in [5.41, 5.74) is 3.09. The molecule has 3 rings (SSSR count). The number of nitrogens with one attached hydrogen (secondary N) is 2. The fourth-order valence-electron chi connectivity index (χ4n) is 3.19. The molecule has 0 atom stereocenters. The highest BCUT2D eigenvalue weighted by molar-refractivity contribution is 5.96. The molecule has 0 aliphatic carbocycles. The average Bonchev–Trinajstić information content (AvgIpc) is 3.11. The number of aromatic amines is 1. The van der Waals surface area contributed by atoms with E-state index in [1.807, 2.05) is 25.1 Å². The summed E-state index contributed by atoms with van der Waals surface area (Å²) in [5.74, 6) is 1.59. The molecule has 1 fully saturated rings. The van der Waals surface area contributed by atoms with Gasteiger partial charge in [-0.05, 0) is 31.0 Å². The molecule has 2 heterocycles. The number of benzene rings is 1. The molecule has 140 valence electrons. The van der Waals surface area contributed by atoms with Crippen molar-refractivity contribution in [3.63, 3.8) is 0 Å². The first-order valence-corrected chi connectivity index (χ1v) is 8.86. The van der Waals surface area contributed by atoms with Crippen molar-refractivity contribution in [2.45, 2.75) is 32.1 Å². The molecule has 1 aliphatic rings. The molecule has 0 radical (unpaired) electrons. The summed E-state index contributed by atoms with van der Waals surface area (Å²) in [6.07, 6.45) is 2.19. The van der Waals surface area contributed by atoms with Gasteiger partial charge in [0.15, 0.2) is 0 Å². The van der Waals surface area contributed by atoms with Crippen LogP contribution in [0.15, 0.2) is 18.2 Å². The molecule has 1 aromatic heterocycles. The Hall–Kier alpha value is -2.54. The van der Waals surface area contributed by atoms with E-state index in [0.717, 1.165) is 29.8 Å². The highest BCUT2D eigenvalue weighted by atomic mass is 16.5. The van der Waals surface area contributed by atoms with Gasteiger partial charge in [-0.3, -0.25) is 9.89 Å². The number of H-pyrrole nitrogens is 1. The van der Waals surface area contributed by atoms with Gasteiger partial charge in [0.05, 0.1) is 25.6 Å². The largest absolute Gasteiger partial charge is 0.497 e. The third-order valence-corrected chi connectivity index (χ3v) is 4.67. The summed E-state index contributed by atoms with van der Waals surface area (Å²) in [4.78, 5) is 12.1. The number of rotatable bonds is 6. The van der Waals surface area contributed by atoms with Crippen molar-refractivity contribution in [1.29, 1.82) is 0 Å². The van der Waals surface area contributed by atoms with Crippen molar-refractivity contribution in [3.8, 4) is 22.8 Å². The first kappa shape index (κ1) is 18.3. The Morgan fingerprint density at radius 1 is 1.31 bits per heavy atom. The minimum Gasteiger partial charge on any atom is -0.497 e. The molecule has 2 N–H and O–H groups in total. The SMILES string of the molecule is CCC(=O)Nc1c(-c2cc(OC)ccc2OC)n[nH]c1C1CCOCC1. The number of amides is 1. The lowest BCUT2D eigenvalue weighted by molar-refractivity contribution is -0.115. The highest BCUT2D eigenvalue weighted by Crippen LogP contribution is 2.41. The summed E-state index contributed by atoms with van der Waals surface area (Å²) < 4.78 is 16.3. The minimum absolute atomic E-state index is 0.0529. The third-order valence-electron chi connectivity index (χ3n) is 4.67. The predicted octanol–water partition coefficient (Wildman–Crippen LogP) is 3.34. The van der Waals surface area contributed by atoms with Crippen molar-refractivity contribution in [3.05, 3.63) is 23.9 Å². The van der Waals surface area contributed by atoms with Gasteiger partial charge >= 0.3 is 0 Å². The number of carbonyl (C=O) groups is 1. The van der Waals surface area contributed by atoms with E-state index in [1.54, 1.807) is 14.2 Å². The molecule has 1 amide bonds. The second kappa shape index (κ2) is 8.23. The van der Waals surface area contributed by atoms with E-state index in [4.69, 9.17) is 14.2 Å². The summed E-state index contributed by atoms with van der Waals surface area (Å²) in [7, 11) is 3.23. The number of hydrogen-bond donors (Lipinski definition) is 2. The van der Waals surface area contributed by atoms with Crippen molar-refractivity contribution in [2.24, 2.45) is 0 Å². The van der Waals surface area contributed by atoms with E-state index >= 15 is 0 Å². The van der Waals surface area contributed by atoms with Gasteiger partial charge in [0, 0.05) is 31.1 Å². The van der Waals surface area contributed by atoms with Crippen molar-refractivity contribution < 1.29 is 19.0 Å². The monoisotopic (exact) mass is 359 g/mol. The second-order valence-electron chi connectivity index (χ2n) is 6.22. The molecule has 0 unspecified atom stereocenters. The zero-order chi connectivity index (χ0) is 18.5. The number of ether oxygens (including phenoxy) is 3. The molecule has 7 nitrogen and oxygen atoms in total. The predicted molar refractivity (Wildman–Crippen MR) is 98.8 cm³/mol. The van der Waals surface area contributed by atoms with Crippen LogP contribution in [0.25, 0.3) is 11.3 Å². The molecular formula is C19H25N3O4. The van der Waals surface area contributed by atoms with Gasteiger partial charge in [-0.25, -0.2) is 0 Å². The quantitative estimate of drug-likeness (QED) is 0.826. The Morgan fingerprint density at radius 2 is 2.08 bits per heavy atom. The number of nitrogens with zero attached hydrogens (tertiary/aromatic N) is 1. The van der Waals surface area contributed by atoms with Gasteiger partial charge in [-0.1, -0.05) is 6.92 Å². The Balaban J connectivity index is 2.09. The summed E-state index contributed by atoms with van der Waals surface area (Å²) in [5, 5.41) is 10.7. The Morgan fingerprint density at radius 3 is 2.73 bits per heavy atom. The van der Waals surface area contributed by atoms with Crippen LogP contribution in [0.5, 0.6) is 11.5 Å². The van der Waals surface area contributed by atoms with Crippen molar-refractivity contribution in [1.82, 2.24) is 10.2 Å². The topological polar surface area (TPSA) is 85.5 Å². The average molecular weight is 359 g/mol. The maximum absolute atomic E-state index is 12.1. The van der Waals surface area contributed by atoms with Crippen LogP contribution in [0.3, 0.4) is 0 Å². The number of aromatic nitrogens is 2. The minimum atomic E-state index is -0.0529. The smallest absolute Gasteiger partial charge is 0.224 e. The van der Waals surface area contributed by atoms with E-state index in [-0.39, 0.29) is 11.8 Å². The lowest BCUT2D eigenvalue weighted by atomic mass is 9.94. The van der Waals surface area contributed by atoms with Gasteiger partial charge in [-0.2, -0.15) is 5.10 Å². The molecule has 0 spiro atoms. The summed E-state index contributed by atoms with van der Waals surface area (Å²) in [6, 6.07) is 5.53. The molecule has 2 aromatic rings. The van der Waals surface area contributed by atoms with Crippen molar-refractivity contribution >= 4 is 11.6 Å². The van der Waals surface area contributed by atoms with E-state index < -0.39 is 0 Å². The van der Waals surface area contributed by atoms with Gasteiger partial charge in [0.2, 0.25) is 5.91 Å². The first-order chi connectivity index (χ1) is 12.7. The molecule has 0 bridgehead atoms. The Labute approximate surface area is 153 Å². The van der Waals surface area contributed by atoms with Crippen LogP contribution in [0.4, 0.5) is 5.69 Å². The van der Waals surface area contributed by atoms with Crippen LogP contribution in [0.1, 0.15) is 37.8 Å². The second-order valence-corrected chi connectivity index (χ2v) is 6.22. The van der Waals surface area contributed by atoms with Crippen LogP contribution in [-0.2, 0) is 9.53 Å². The summed E-state index contributed by atoms with van der Waals surface area (Å²) in [6.45, 7) is 3.25. The van der Waals surface area contributed by atoms with E-state index in [2.05, 4.69) is 15.5 Å². The first-order valence-electron chi connectivity index (χ1n) is 8.86. The lowest BCUT2D eigenvalue weighted by Gasteiger charge is -2.22. The number of carbonyl (C=O) groups excluding carboxylic acids is 1. The standard InChI is InChI=1S/C19H25N3O4/c1-4-16(23)20-19-17(12-7-9-26-10-8-12)21-22-18(19)14-11-13(24-2)5-6-15(14)25-3/h5-6,11-12H,4,7-10H2,1-3H3,(H,20,23)(H,21,22). The van der Waals surface area contributed by atoms with Gasteiger partial charge < -0.3 is 19.5 Å². The van der Waals surface area contributed by atoms with E-state index in [0.29, 0.717) is 36.8 Å². The zero-order valence-electron chi connectivity index (χ0n) is 15.4. The highest BCUT2D eigenvalue weighted by Gasteiger charge is 2.26. The normalized spacial score (nSPS) is 14.9. The van der Waals surface area contributed by atoms with Crippen LogP contribution in [-0.4, -0.2) is 43.5 Å². The molecule has 26 heavy (non-hydrogen) atoms. The molecular weight excluding hydrogens is 334 g/mol. The molecule has 1 aromatic carbocycles. The third kappa shape index (κ3) is 3.67. The number of anilines is 1. The van der Waals surface area contributed by atoms with E-state index in [1.165, 1.54) is 0 Å². The van der Waals surface area contributed by atoms with Crippen LogP contribution in [0.2, 0.25) is 0 Å². The molecule has 1 saturated heterocycles. The zero-order valence-corrected chi connectivity index (χ0v) is 15.4. The Kier molecular flexibility index (Phi) is 5.78. The maximum Gasteiger partial charge on any atom is 0.224 e. The van der Waals surface area contributed by atoms with Gasteiger partial charge in [-0.15, -0.1) is 0 Å². The molecule has 7 heteroatoms.